The SMILES string of the molecule is CC(C)(C(=O)Nc1ccc(Cl)cc1Cl)C(=O)NC1CC1. The number of rotatable bonds is 4. The summed E-state index contributed by atoms with van der Waals surface area (Å²) in [5.74, 6) is -0.678. The Kier molecular flexibility index (Phi) is 4.25. The van der Waals surface area contributed by atoms with Gasteiger partial charge in [0.15, 0.2) is 0 Å². The van der Waals surface area contributed by atoms with Crippen LogP contribution in [0.2, 0.25) is 10.0 Å². The minimum atomic E-state index is -1.16. The Bertz CT molecular complexity index is 554. The molecule has 0 unspecified atom stereocenters. The minimum absolute atomic E-state index is 0.216. The maximum Gasteiger partial charge on any atom is 0.239 e. The smallest absolute Gasteiger partial charge is 0.239 e. The average Bonchev–Trinajstić information content (AvgIpc) is 3.16. The zero-order chi connectivity index (χ0) is 14.9. The van der Waals surface area contributed by atoms with Crippen molar-refractivity contribution in [2.45, 2.75) is 32.7 Å². The zero-order valence-electron chi connectivity index (χ0n) is 11.3. The summed E-state index contributed by atoms with van der Waals surface area (Å²) in [6.45, 7) is 3.17. The van der Waals surface area contributed by atoms with Gasteiger partial charge in [-0.25, -0.2) is 0 Å². The zero-order valence-corrected chi connectivity index (χ0v) is 12.8. The molecule has 20 heavy (non-hydrogen) atoms. The third-order valence-electron chi connectivity index (χ3n) is 3.23. The highest BCUT2D eigenvalue weighted by Gasteiger charge is 2.38. The van der Waals surface area contributed by atoms with Crippen LogP contribution in [0.5, 0.6) is 0 Å². The number of carbonyl (C=O) groups excluding carboxylic acids is 2. The molecule has 1 aliphatic rings. The highest BCUT2D eigenvalue weighted by Crippen LogP contribution is 2.28. The molecule has 4 nitrogen and oxygen atoms in total. The summed E-state index contributed by atoms with van der Waals surface area (Å²) in [7, 11) is 0. The van der Waals surface area contributed by atoms with E-state index in [9.17, 15) is 9.59 Å². The Balaban J connectivity index is 2.07. The molecule has 1 aromatic rings. The van der Waals surface area contributed by atoms with Gasteiger partial charge in [-0.2, -0.15) is 0 Å². The second kappa shape index (κ2) is 5.62. The van der Waals surface area contributed by atoms with Gasteiger partial charge in [-0.15, -0.1) is 0 Å². The highest BCUT2D eigenvalue weighted by atomic mass is 35.5. The first-order chi connectivity index (χ1) is 9.30. The van der Waals surface area contributed by atoms with E-state index in [1.54, 1.807) is 26.0 Å². The molecule has 0 aromatic heterocycles. The number of hydrogen-bond donors (Lipinski definition) is 2. The number of halogens is 2. The van der Waals surface area contributed by atoms with Gasteiger partial charge in [0.25, 0.3) is 0 Å². The van der Waals surface area contributed by atoms with Gasteiger partial charge in [0.1, 0.15) is 5.41 Å². The van der Waals surface area contributed by atoms with E-state index >= 15 is 0 Å². The van der Waals surface area contributed by atoms with Gasteiger partial charge in [0, 0.05) is 11.1 Å². The minimum Gasteiger partial charge on any atom is -0.352 e. The normalized spacial score (nSPS) is 14.8. The number of anilines is 1. The van der Waals surface area contributed by atoms with Crippen LogP contribution in [0.15, 0.2) is 18.2 Å². The molecule has 2 amide bonds. The first kappa shape index (κ1) is 15.1. The van der Waals surface area contributed by atoms with Gasteiger partial charge < -0.3 is 10.6 Å². The fourth-order valence-corrected chi connectivity index (χ4v) is 2.02. The predicted molar refractivity (Wildman–Crippen MR) is 80.0 cm³/mol. The summed E-state index contributed by atoms with van der Waals surface area (Å²) in [4.78, 5) is 24.3. The first-order valence-electron chi connectivity index (χ1n) is 6.38. The van der Waals surface area contributed by atoms with Gasteiger partial charge in [-0.1, -0.05) is 23.2 Å². The Labute approximate surface area is 127 Å². The second-order valence-electron chi connectivity index (χ2n) is 5.45. The van der Waals surface area contributed by atoms with Crippen molar-refractivity contribution in [1.82, 2.24) is 5.32 Å². The Morgan fingerprint density at radius 2 is 1.85 bits per heavy atom. The third kappa shape index (κ3) is 3.44. The van der Waals surface area contributed by atoms with Crippen LogP contribution < -0.4 is 10.6 Å². The van der Waals surface area contributed by atoms with E-state index in [1.807, 2.05) is 0 Å². The molecule has 0 bridgehead atoms. The molecule has 0 saturated heterocycles. The molecule has 0 heterocycles. The van der Waals surface area contributed by atoms with Crippen LogP contribution in [0.25, 0.3) is 0 Å². The van der Waals surface area contributed by atoms with Crippen molar-refractivity contribution < 1.29 is 9.59 Å². The molecule has 0 spiro atoms. The average molecular weight is 315 g/mol. The topological polar surface area (TPSA) is 58.2 Å². The monoisotopic (exact) mass is 314 g/mol. The van der Waals surface area contributed by atoms with Crippen molar-refractivity contribution in [2.75, 3.05) is 5.32 Å². The molecule has 2 N–H and O–H groups in total. The molecule has 6 heteroatoms. The quantitative estimate of drug-likeness (QED) is 0.838. The lowest BCUT2D eigenvalue weighted by Gasteiger charge is -2.23. The lowest BCUT2D eigenvalue weighted by atomic mass is 9.91. The lowest BCUT2D eigenvalue weighted by Crippen LogP contribution is -2.45. The van der Waals surface area contributed by atoms with E-state index in [0.29, 0.717) is 15.7 Å². The summed E-state index contributed by atoms with van der Waals surface area (Å²) in [6.07, 6.45) is 1.96. The van der Waals surface area contributed by atoms with E-state index in [2.05, 4.69) is 10.6 Å². The van der Waals surface area contributed by atoms with Gasteiger partial charge >= 0.3 is 0 Å². The molecule has 0 aliphatic heterocycles. The highest BCUT2D eigenvalue weighted by molar-refractivity contribution is 6.36. The van der Waals surface area contributed by atoms with Crippen molar-refractivity contribution in [3.8, 4) is 0 Å². The molecule has 1 aromatic carbocycles. The van der Waals surface area contributed by atoms with E-state index in [4.69, 9.17) is 23.2 Å². The molecule has 0 atom stereocenters. The van der Waals surface area contributed by atoms with Crippen molar-refractivity contribution in [3.63, 3.8) is 0 Å². The summed E-state index contributed by atoms with van der Waals surface area (Å²) >= 11 is 11.8. The molecule has 108 valence electrons. The predicted octanol–water partition coefficient (Wildman–Crippen LogP) is 3.24. The summed E-state index contributed by atoms with van der Waals surface area (Å²) in [6, 6.07) is 4.99. The second-order valence-corrected chi connectivity index (χ2v) is 6.29. The molecule has 1 aliphatic carbocycles. The van der Waals surface area contributed by atoms with Crippen LogP contribution in [0.4, 0.5) is 5.69 Å². The molecule has 0 radical (unpaired) electrons. The maximum absolute atomic E-state index is 12.3. The number of benzene rings is 1. The Morgan fingerprint density at radius 3 is 2.40 bits per heavy atom. The number of nitrogens with one attached hydrogen (secondary N) is 2. The fourth-order valence-electron chi connectivity index (χ4n) is 1.57. The van der Waals surface area contributed by atoms with E-state index in [-0.39, 0.29) is 11.9 Å². The van der Waals surface area contributed by atoms with Gasteiger partial charge in [0.05, 0.1) is 10.7 Å². The molecule has 1 saturated carbocycles. The van der Waals surface area contributed by atoms with Crippen molar-refractivity contribution in [2.24, 2.45) is 5.41 Å². The molecule has 2 rings (SSSR count). The van der Waals surface area contributed by atoms with Gasteiger partial charge in [-0.05, 0) is 44.9 Å². The summed E-state index contributed by atoms with van der Waals surface area (Å²) < 4.78 is 0. The lowest BCUT2D eigenvalue weighted by molar-refractivity contribution is -0.138. The van der Waals surface area contributed by atoms with Gasteiger partial charge in [-0.3, -0.25) is 9.59 Å². The largest absolute Gasteiger partial charge is 0.352 e. The van der Waals surface area contributed by atoms with E-state index in [0.717, 1.165) is 12.8 Å². The van der Waals surface area contributed by atoms with Crippen LogP contribution in [0, 0.1) is 5.41 Å². The van der Waals surface area contributed by atoms with E-state index in [1.165, 1.54) is 6.07 Å². The van der Waals surface area contributed by atoms with Gasteiger partial charge in [0.2, 0.25) is 11.8 Å². The van der Waals surface area contributed by atoms with Crippen LogP contribution in [-0.2, 0) is 9.59 Å². The van der Waals surface area contributed by atoms with Crippen LogP contribution in [0.3, 0.4) is 0 Å². The Hall–Kier alpha value is -1.26. The summed E-state index contributed by atoms with van der Waals surface area (Å²) in [5, 5.41) is 6.31. The van der Waals surface area contributed by atoms with Crippen LogP contribution >= 0.6 is 23.2 Å². The van der Waals surface area contributed by atoms with Crippen molar-refractivity contribution in [3.05, 3.63) is 28.2 Å². The number of amides is 2. The summed E-state index contributed by atoms with van der Waals surface area (Å²) in [5.41, 5.74) is -0.723. The van der Waals surface area contributed by atoms with Crippen molar-refractivity contribution in [1.29, 1.82) is 0 Å². The van der Waals surface area contributed by atoms with Crippen LogP contribution in [-0.4, -0.2) is 17.9 Å². The molecule has 1 fully saturated rings. The number of carbonyl (C=O) groups is 2. The van der Waals surface area contributed by atoms with Crippen LogP contribution in [0.1, 0.15) is 26.7 Å². The standard InChI is InChI=1S/C14H16Cl2N2O2/c1-14(2,12(19)17-9-4-5-9)13(20)18-11-6-3-8(15)7-10(11)16/h3,6-7,9H,4-5H2,1-2H3,(H,17,19)(H,18,20). The maximum atomic E-state index is 12.3. The first-order valence-corrected chi connectivity index (χ1v) is 7.14. The Morgan fingerprint density at radius 1 is 1.20 bits per heavy atom. The van der Waals surface area contributed by atoms with E-state index < -0.39 is 11.3 Å². The fraction of sp³-hybridized carbons (Fsp3) is 0.429. The third-order valence-corrected chi connectivity index (χ3v) is 3.78. The number of hydrogen-bond acceptors (Lipinski definition) is 2. The molecular formula is C14H16Cl2N2O2. The molecular weight excluding hydrogens is 299 g/mol. The van der Waals surface area contributed by atoms with Crippen molar-refractivity contribution >= 4 is 40.7 Å².